The van der Waals surface area contributed by atoms with Gasteiger partial charge in [0.05, 0.1) is 12.6 Å². The molecule has 2 rings (SSSR count). The van der Waals surface area contributed by atoms with E-state index in [2.05, 4.69) is 23.6 Å². The highest BCUT2D eigenvalue weighted by Gasteiger charge is 2.13. The highest BCUT2D eigenvalue weighted by atomic mass is 32.1. The number of benzene rings is 1. The molecule has 2 amide bonds. The van der Waals surface area contributed by atoms with Crippen LogP contribution in [0.25, 0.3) is 0 Å². The Balaban J connectivity index is 1.88. The van der Waals surface area contributed by atoms with Crippen LogP contribution in [0.15, 0.2) is 42.5 Å². The van der Waals surface area contributed by atoms with Crippen molar-refractivity contribution in [1.82, 2.24) is 10.6 Å². The number of hydrogen-bond donors (Lipinski definition) is 3. The molecule has 22 heavy (non-hydrogen) atoms. The minimum atomic E-state index is -0.214. The topological polar surface area (TPSA) is 61.4 Å². The van der Waals surface area contributed by atoms with Crippen LogP contribution in [-0.4, -0.2) is 17.7 Å². The van der Waals surface area contributed by atoms with Crippen molar-refractivity contribution in [2.75, 3.05) is 6.61 Å². The second-order valence-electron chi connectivity index (χ2n) is 5.02. The van der Waals surface area contributed by atoms with E-state index in [-0.39, 0.29) is 18.7 Å². The second kappa shape index (κ2) is 8.56. The van der Waals surface area contributed by atoms with Crippen LogP contribution in [0.2, 0.25) is 0 Å². The Hall–Kier alpha value is -1.85. The van der Waals surface area contributed by atoms with Gasteiger partial charge < -0.3 is 15.7 Å². The Morgan fingerprint density at radius 2 is 1.91 bits per heavy atom. The van der Waals surface area contributed by atoms with E-state index in [9.17, 15) is 9.90 Å². The maximum absolute atomic E-state index is 12.1. The number of hydrogen-bond acceptors (Lipinski definition) is 3. The number of aryl methyl sites for hydroxylation is 1. The van der Waals surface area contributed by atoms with Gasteiger partial charge in [-0.1, -0.05) is 37.3 Å². The predicted molar refractivity (Wildman–Crippen MR) is 90.0 cm³/mol. The third-order valence-electron chi connectivity index (χ3n) is 3.41. The van der Waals surface area contributed by atoms with Crippen LogP contribution in [0.4, 0.5) is 4.79 Å². The molecule has 0 spiro atoms. The molecule has 1 aromatic heterocycles. The maximum atomic E-state index is 12.1. The van der Waals surface area contributed by atoms with Crippen molar-refractivity contribution in [3.05, 3.63) is 57.8 Å². The molecule has 0 radical (unpaired) electrons. The van der Waals surface area contributed by atoms with Gasteiger partial charge in [-0.25, -0.2) is 4.79 Å². The number of aliphatic hydroxyl groups is 1. The Morgan fingerprint density at radius 3 is 2.55 bits per heavy atom. The summed E-state index contributed by atoms with van der Waals surface area (Å²) in [5.41, 5.74) is 0.996. The lowest BCUT2D eigenvalue weighted by Crippen LogP contribution is -2.37. The van der Waals surface area contributed by atoms with Gasteiger partial charge >= 0.3 is 6.03 Å². The van der Waals surface area contributed by atoms with Crippen LogP contribution in [0, 0.1) is 0 Å². The fourth-order valence-electron chi connectivity index (χ4n) is 2.22. The molecule has 0 saturated carbocycles. The standard InChI is InChI=1S/C17H22N2O2S/c1-2-14-8-9-15(22-14)12-18-17(21)19-16(10-11-20)13-6-4-3-5-7-13/h3-9,16,20H,2,10-12H2,1H3,(H2,18,19,21)/t16-/m1/s1. The first-order chi connectivity index (χ1) is 10.7. The van der Waals surface area contributed by atoms with Gasteiger partial charge in [-0.05, 0) is 30.5 Å². The average Bonchev–Trinajstić information content (AvgIpc) is 3.01. The number of amides is 2. The molecule has 118 valence electrons. The summed E-state index contributed by atoms with van der Waals surface area (Å²) in [5, 5.41) is 15.0. The normalized spacial score (nSPS) is 11.9. The number of carbonyl (C=O) groups excluding carboxylic acids is 1. The van der Waals surface area contributed by atoms with Crippen LogP contribution in [0.1, 0.15) is 34.7 Å². The van der Waals surface area contributed by atoms with Gasteiger partial charge in [0.15, 0.2) is 0 Å². The Bertz CT molecular complexity index is 583. The lowest BCUT2D eigenvalue weighted by atomic mass is 10.0. The zero-order chi connectivity index (χ0) is 15.8. The summed E-state index contributed by atoms with van der Waals surface area (Å²) in [6.07, 6.45) is 1.51. The highest BCUT2D eigenvalue weighted by molar-refractivity contribution is 7.11. The van der Waals surface area contributed by atoms with Crippen molar-refractivity contribution in [1.29, 1.82) is 0 Å². The van der Waals surface area contributed by atoms with E-state index in [1.807, 2.05) is 36.4 Å². The van der Waals surface area contributed by atoms with E-state index in [1.54, 1.807) is 11.3 Å². The molecular weight excluding hydrogens is 296 g/mol. The molecule has 1 heterocycles. The van der Waals surface area contributed by atoms with Crippen molar-refractivity contribution < 1.29 is 9.90 Å². The summed E-state index contributed by atoms with van der Waals surface area (Å²) in [6, 6.07) is 13.4. The summed E-state index contributed by atoms with van der Waals surface area (Å²) in [4.78, 5) is 14.5. The fourth-order valence-corrected chi connectivity index (χ4v) is 3.12. The minimum absolute atomic E-state index is 0.0324. The third kappa shape index (κ3) is 4.86. The molecular formula is C17H22N2O2S. The number of thiophene rings is 1. The number of aliphatic hydroxyl groups excluding tert-OH is 1. The Morgan fingerprint density at radius 1 is 1.18 bits per heavy atom. The summed E-state index contributed by atoms with van der Waals surface area (Å²) in [5.74, 6) is 0. The number of carbonyl (C=O) groups is 1. The van der Waals surface area contributed by atoms with E-state index < -0.39 is 0 Å². The molecule has 2 aromatic rings. The number of nitrogens with one attached hydrogen (secondary N) is 2. The van der Waals surface area contributed by atoms with Crippen molar-refractivity contribution in [2.45, 2.75) is 32.4 Å². The predicted octanol–water partition coefficient (Wildman–Crippen LogP) is 3.23. The highest BCUT2D eigenvalue weighted by Crippen LogP contribution is 2.17. The summed E-state index contributed by atoms with van der Waals surface area (Å²) in [7, 11) is 0. The van der Waals surface area contributed by atoms with Gasteiger partial charge in [-0.15, -0.1) is 11.3 Å². The third-order valence-corrected chi connectivity index (χ3v) is 4.64. The van der Waals surface area contributed by atoms with E-state index in [0.717, 1.165) is 16.9 Å². The first kappa shape index (κ1) is 16.5. The van der Waals surface area contributed by atoms with Crippen molar-refractivity contribution in [3.8, 4) is 0 Å². The van der Waals surface area contributed by atoms with Crippen molar-refractivity contribution in [3.63, 3.8) is 0 Å². The monoisotopic (exact) mass is 318 g/mol. The molecule has 0 saturated heterocycles. The fraction of sp³-hybridized carbons (Fsp3) is 0.353. The largest absolute Gasteiger partial charge is 0.396 e. The van der Waals surface area contributed by atoms with Gasteiger partial charge in [-0.2, -0.15) is 0 Å². The SMILES string of the molecule is CCc1ccc(CNC(=O)N[C@H](CCO)c2ccccc2)s1. The maximum Gasteiger partial charge on any atom is 0.315 e. The molecule has 0 bridgehead atoms. The molecule has 0 unspecified atom stereocenters. The van der Waals surface area contributed by atoms with Gasteiger partial charge in [0.1, 0.15) is 0 Å². The zero-order valence-corrected chi connectivity index (χ0v) is 13.5. The van der Waals surface area contributed by atoms with Crippen LogP contribution < -0.4 is 10.6 Å². The Kier molecular flexibility index (Phi) is 6.43. The van der Waals surface area contributed by atoms with Gasteiger partial charge in [-0.3, -0.25) is 0 Å². The van der Waals surface area contributed by atoms with Crippen LogP contribution in [0.3, 0.4) is 0 Å². The molecule has 3 N–H and O–H groups in total. The smallest absolute Gasteiger partial charge is 0.315 e. The van der Waals surface area contributed by atoms with Gasteiger partial charge in [0.2, 0.25) is 0 Å². The van der Waals surface area contributed by atoms with Crippen molar-refractivity contribution in [2.24, 2.45) is 0 Å². The molecule has 0 aliphatic carbocycles. The second-order valence-corrected chi connectivity index (χ2v) is 6.28. The quantitative estimate of drug-likeness (QED) is 0.734. The van der Waals surface area contributed by atoms with Crippen LogP contribution in [0.5, 0.6) is 0 Å². The van der Waals surface area contributed by atoms with Gasteiger partial charge in [0, 0.05) is 16.4 Å². The van der Waals surface area contributed by atoms with E-state index in [1.165, 1.54) is 4.88 Å². The molecule has 1 atom stereocenters. The summed E-state index contributed by atoms with van der Waals surface area (Å²) < 4.78 is 0. The Labute approximate surface area is 135 Å². The molecule has 0 aliphatic rings. The minimum Gasteiger partial charge on any atom is -0.396 e. The van der Waals surface area contributed by atoms with Crippen LogP contribution >= 0.6 is 11.3 Å². The lowest BCUT2D eigenvalue weighted by molar-refractivity contribution is 0.229. The summed E-state index contributed by atoms with van der Waals surface area (Å²) >= 11 is 1.72. The molecule has 5 heteroatoms. The van der Waals surface area contributed by atoms with Gasteiger partial charge in [0.25, 0.3) is 0 Å². The number of urea groups is 1. The zero-order valence-electron chi connectivity index (χ0n) is 12.7. The first-order valence-electron chi connectivity index (χ1n) is 7.50. The van der Waals surface area contributed by atoms with Crippen LogP contribution in [-0.2, 0) is 13.0 Å². The molecule has 1 aromatic carbocycles. The molecule has 0 fully saturated rings. The van der Waals surface area contributed by atoms with E-state index >= 15 is 0 Å². The first-order valence-corrected chi connectivity index (χ1v) is 8.32. The molecule has 0 aliphatic heterocycles. The average molecular weight is 318 g/mol. The van der Waals surface area contributed by atoms with Crippen molar-refractivity contribution >= 4 is 17.4 Å². The van der Waals surface area contributed by atoms with E-state index in [0.29, 0.717) is 13.0 Å². The lowest BCUT2D eigenvalue weighted by Gasteiger charge is -2.18. The van der Waals surface area contributed by atoms with E-state index in [4.69, 9.17) is 0 Å². The molecule has 4 nitrogen and oxygen atoms in total. The summed E-state index contributed by atoms with van der Waals surface area (Å²) in [6.45, 7) is 2.68. The number of rotatable bonds is 7.